The van der Waals surface area contributed by atoms with Crippen molar-refractivity contribution in [3.05, 3.63) is 0 Å². The van der Waals surface area contributed by atoms with Crippen LogP contribution in [0.1, 0.15) is 241 Å². The van der Waals surface area contributed by atoms with Crippen LogP contribution in [-0.4, -0.2) is 0 Å². The van der Waals surface area contributed by atoms with Crippen LogP contribution in [0.4, 0.5) is 0 Å². The van der Waals surface area contributed by atoms with Gasteiger partial charge in [-0.25, -0.2) is 0 Å². The van der Waals surface area contributed by atoms with Gasteiger partial charge in [0.05, 0.1) is 0 Å². The van der Waals surface area contributed by atoms with E-state index in [0.717, 1.165) is 47.3 Å². The minimum absolute atomic E-state index is 0.843. The van der Waals surface area contributed by atoms with Gasteiger partial charge in [-0.15, -0.1) is 0 Å². The molecule has 0 aromatic carbocycles. The molecule has 0 aliphatic heterocycles. The summed E-state index contributed by atoms with van der Waals surface area (Å²) in [6.45, 7) is 44.8. The molecule has 0 saturated carbocycles. The Morgan fingerprint density at radius 3 is 1.07 bits per heavy atom. The highest BCUT2D eigenvalue weighted by Crippen LogP contribution is 2.30. The van der Waals surface area contributed by atoms with Crippen molar-refractivity contribution in [3.8, 4) is 0 Å². The normalized spacial score (nSPS) is 13.7. The average Bonchev–Trinajstić information content (AvgIpc) is 3.05. The lowest BCUT2D eigenvalue weighted by molar-refractivity contribution is 0.255. The van der Waals surface area contributed by atoms with Gasteiger partial charge in [-0.05, 0) is 53.8 Å². The van der Waals surface area contributed by atoms with Gasteiger partial charge in [0.25, 0.3) is 0 Å². The van der Waals surface area contributed by atoms with E-state index in [0.29, 0.717) is 0 Å². The summed E-state index contributed by atoms with van der Waals surface area (Å²) in [7, 11) is 0. The second-order valence-corrected chi connectivity index (χ2v) is 14.0. The van der Waals surface area contributed by atoms with Crippen molar-refractivity contribution in [1.29, 1.82) is 0 Å². The van der Waals surface area contributed by atoms with Crippen LogP contribution < -0.4 is 0 Å². The van der Waals surface area contributed by atoms with Gasteiger partial charge in [-0.3, -0.25) is 0 Å². The highest BCUT2D eigenvalue weighted by Gasteiger charge is 2.18. The number of hydrogen-bond donors (Lipinski definition) is 0. The molecular weight excluding hydrogens is 528 g/mol. The third kappa shape index (κ3) is 44.1. The Hall–Kier alpha value is 0. The lowest BCUT2D eigenvalue weighted by Crippen LogP contribution is -2.15. The molecule has 5 unspecified atom stereocenters. The summed E-state index contributed by atoms with van der Waals surface area (Å²) in [5, 5.41) is 0. The molecule has 0 heteroatoms. The monoisotopic (exact) mass is 629 g/mol. The van der Waals surface area contributed by atoms with E-state index in [4.69, 9.17) is 0 Å². The molecule has 0 bridgehead atoms. The second-order valence-electron chi connectivity index (χ2n) is 14.0. The standard InChI is InChI=1S/C26H54.C8H18.C4H10.3C2H6/c1-8-11-12-15-18-22(4)21-26(10-3)25(7)20-17-14-13-16-19-24(6)23(5)9-2;1-6(2)8(5)7(3)4;1-3-4-2;3*1-2/h22-26H,8-21H2,1-7H3;6-8H,1-5H3;3-4H2,1-2H3;3*1-2H3. The van der Waals surface area contributed by atoms with Crippen molar-refractivity contribution in [2.45, 2.75) is 241 Å². The molecule has 0 spiro atoms. The summed E-state index contributed by atoms with van der Waals surface area (Å²) in [5.41, 5.74) is 0. The zero-order chi connectivity index (χ0) is 35.9. The quantitative estimate of drug-likeness (QED) is 0.111. The van der Waals surface area contributed by atoms with Gasteiger partial charge in [0, 0.05) is 0 Å². The first-order valence-corrected chi connectivity index (χ1v) is 20.9. The first kappa shape index (κ1) is 56.3. The molecule has 0 nitrogen and oxygen atoms in total. The Morgan fingerprint density at radius 2 is 0.750 bits per heavy atom. The van der Waals surface area contributed by atoms with Gasteiger partial charge < -0.3 is 0 Å². The van der Waals surface area contributed by atoms with E-state index in [2.05, 4.69) is 96.9 Å². The van der Waals surface area contributed by atoms with Gasteiger partial charge >= 0.3 is 0 Å². The summed E-state index contributed by atoms with van der Waals surface area (Å²) in [6, 6.07) is 0. The molecule has 44 heavy (non-hydrogen) atoms. The Kier molecular flexibility index (Phi) is 60.7. The predicted molar refractivity (Wildman–Crippen MR) is 215 cm³/mol. The van der Waals surface area contributed by atoms with Gasteiger partial charge in [-0.2, -0.15) is 0 Å². The largest absolute Gasteiger partial charge is 0.0683 e. The molecule has 0 heterocycles. The van der Waals surface area contributed by atoms with E-state index in [1.807, 2.05) is 41.5 Å². The Labute approximate surface area is 287 Å². The smallest absolute Gasteiger partial charge is 0.0389 e. The third-order valence-corrected chi connectivity index (χ3v) is 9.87. The number of hydrogen-bond acceptors (Lipinski definition) is 0. The maximum absolute atomic E-state index is 2.53. The van der Waals surface area contributed by atoms with Crippen LogP contribution in [0.25, 0.3) is 0 Å². The van der Waals surface area contributed by atoms with Crippen LogP contribution in [0.2, 0.25) is 0 Å². The Balaban J connectivity index is -0.000000164. The first-order valence-electron chi connectivity index (χ1n) is 20.9. The zero-order valence-corrected chi connectivity index (χ0v) is 35.9. The van der Waals surface area contributed by atoms with Gasteiger partial charge in [0.1, 0.15) is 0 Å². The third-order valence-electron chi connectivity index (χ3n) is 9.87. The lowest BCUT2D eigenvalue weighted by Gasteiger charge is -2.26. The van der Waals surface area contributed by atoms with E-state index in [9.17, 15) is 0 Å². The van der Waals surface area contributed by atoms with E-state index in [-0.39, 0.29) is 0 Å². The van der Waals surface area contributed by atoms with Crippen molar-refractivity contribution in [1.82, 2.24) is 0 Å². The molecule has 0 aliphatic rings. The molecule has 5 atom stereocenters. The van der Waals surface area contributed by atoms with Crippen LogP contribution in [-0.2, 0) is 0 Å². The van der Waals surface area contributed by atoms with Crippen LogP contribution >= 0.6 is 0 Å². The van der Waals surface area contributed by atoms with Crippen molar-refractivity contribution in [2.24, 2.45) is 47.3 Å². The molecule has 0 aliphatic carbocycles. The average molecular weight is 629 g/mol. The fraction of sp³-hybridized carbons (Fsp3) is 1.00. The van der Waals surface area contributed by atoms with Crippen molar-refractivity contribution < 1.29 is 0 Å². The summed E-state index contributed by atoms with van der Waals surface area (Å²) in [4.78, 5) is 0. The van der Waals surface area contributed by atoms with Gasteiger partial charge in [0.15, 0.2) is 0 Å². The Morgan fingerprint density at radius 1 is 0.364 bits per heavy atom. The molecule has 0 saturated heterocycles. The highest BCUT2D eigenvalue weighted by molar-refractivity contribution is 4.69. The van der Waals surface area contributed by atoms with Gasteiger partial charge in [-0.1, -0.05) is 235 Å². The van der Waals surface area contributed by atoms with E-state index >= 15 is 0 Å². The second kappa shape index (κ2) is 47.4. The zero-order valence-electron chi connectivity index (χ0n) is 35.9. The molecule has 0 rings (SSSR count). The molecule has 0 fully saturated rings. The van der Waals surface area contributed by atoms with E-state index < -0.39 is 0 Å². The van der Waals surface area contributed by atoms with Crippen molar-refractivity contribution in [3.63, 3.8) is 0 Å². The SMILES string of the molecule is CC.CC.CC.CC(C)C(C)C(C)C.CCCC.CCCCCCC(C)CC(CC)C(C)CCCCCCC(C)C(C)CC. The van der Waals surface area contributed by atoms with Crippen LogP contribution in [0.15, 0.2) is 0 Å². The molecule has 0 N–H and O–H groups in total. The number of rotatable bonds is 21. The molecule has 0 aromatic rings. The highest BCUT2D eigenvalue weighted by atomic mass is 14.2. The molecule has 0 aromatic heterocycles. The van der Waals surface area contributed by atoms with Crippen LogP contribution in [0.5, 0.6) is 0 Å². The number of unbranched alkanes of at least 4 members (excludes halogenated alkanes) is 7. The Bertz CT molecular complexity index is 412. The predicted octanol–water partition coefficient (Wildman–Crippen LogP) is 17.5. The first-order chi connectivity index (χ1) is 20.9. The minimum atomic E-state index is 0.843. The molecule has 0 radical (unpaired) electrons. The fourth-order valence-corrected chi connectivity index (χ4v) is 5.33. The summed E-state index contributed by atoms with van der Waals surface area (Å²) >= 11 is 0. The molecule has 276 valence electrons. The van der Waals surface area contributed by atoms with Gasteiger partial charge in [0.2, 0.25) is 0 Å². The minimum Gasteiger partial charge on any atom is -0.0683 e. The maximum Gasteiger partial charge on any atom is -0.0389 e. The maximum atomic E-state index is 2.53. The molecule has 0 amide bonds. The van der Waals surface area contributed by atoms with E-state index in [1.165, 1.54) is 103 Å². The van der Waals surface area contributed by atoms with E-state index in [1.54, 1.807) is 0 Å². The van der Waals surface area contributed by atoms with Crippen molar-refractivity contribution >= 4 is 0 Å². The van der Waals surface area contributed by atoms with Crippen molar-refractivity contribution in [2.75, 3.05) is 0 Å². The summed E-state index contributed by atoms with van der Waals surface area (Å²) < 4.78 is 0. The van der Waals surface area contributed by atoms with Crippen LogP contribution in [0, 0.1) is 47.3 Å². The van der Waals surface area contributed by atoms with Crippen LogP contribution in [0.3, 0.4) is 0 Å². The summed E-state index contributed by atoms with van der Waals surface area (Å²) in [6.07, 6.45) is 22.7. The fourth-order valence-electron chi connectivity index (χ4n) is 5.33. The molecular formula is C44H100. The topological polar surface area (TPSA) is 0 Å². The lowest BCUT2D eigenvalue weighted by atomic mass is 9.80. The summed E-state index contributed by atoms with van der Waals surface area (Å²) in [5.74, 6) is 7.20.